The van der Waals surface area contributed by atoms with Gasteiger partial charge in [-0.05, 0) is 96.5 Å². The molecule has 4 aromatic carbocycles. The number of H-pyrrole nitrogens is 2. The number of thioether (sulfide) groups is 1. The molecule has 1 fully saturated rings. The Kier molecular flexibility index (Phi) is 35.0. The molecule has 24 N–H and O–H groups in total. The van der Waals surface area contributed by atoms with Crippen LogP contribution in [0.3, 0.4) is 0 Å². The number of rotatable bonds is 24. The molecule has 616 valence electrons. The van der Waals surface area contributed by atoms with Crippen molar-refractivity contribution in [3.8, 4) is 0 Å². The average Bonchev–Trinajstić information content (AvgIpc) is 1.62. The van der Waals surface area contributed by atoms with Crippen LogP contribution in [0.5, 0.6) is 0 Å². The second kappa shape index (κ2) is 44.5. The minimum atomic E-state index is -1.99. The molecular weight excluding hydrogens is 1490 g/mol. The molecule has 1 aliphatic rings. The van der Waals surface area contributed by atoms with E-state index in [1.165, 1.54) is 0 Å². The lowest BCUT2D eigenvalue weighted by Gasteiger charge is -2.29. The van der Waals surface area contributed by atoms with Crippen molar-refractivity contribution in [3.63, 3.8) is 0 Å². The fourth-order valence-corrected chi connectivity index (χ4v) is 13.8. The highest BCUT2D eigenvalue weighted by Gasteiger charge is 2.39. The van der Waals surface area contributed by atoms with Crippen molar-refractivity contribution in [2.45, 2.75) is 185 Å². The first-order chi connectivity index (χ1) is 54.5. The zero-order chi connectivity index (χ0) is 83.1. The summed E-state index contributed by atoms with van der Waals surface area (Å²) in [5.74, 6) is -16.6. The van der Waals surface area contributed by atoms with Crippen LogP contribution in [0.25, 0.3) is 32.6 Å². The molecule has 0 unspecified atom stereocenters. The van der Waals surface area contributed by atoms with Gasteiger partial charge in [-0.25, -0.2) is 0 Å². The Balaban J connectivity index is 1.27. The summed E-state index contributed by atoms with van der Waals surface area (Å²) in [5.41, 5.74) is 20.3. The smallest absolute Gasteiger partial charge is 0.305 e. The van der Waals surface area contributed by atoms with Gasteiger partial charge in [0.25, 0.3) is 0 Å². The van der Waals surface area contributed by atoms with E-state index in [9.17, 15) is 63.0 Å². The number of carboxylic acid groups (broad SMARTS) is 1. The van der Waals surface area contributed by atoms with Crippen LogP contribution in [0.15, 0.2) is 103 Å². The molecule has 6 aromatic rings. The van der Waals surface area contributed by atoms with Crippen molar-refractivity contribution in [1.29, 1.82) is 5.41 Å². The van der Waals surface area contributed by atoms with E-state index in [-0.39, 0.29) is 76.6 Å². The standard InChI is InChI=1S/C78H107N19O16S/c1-6-8-22-54-70(106)89-55(25-15-16-29-79)71(107)91-58(34-48-37-85-52-24-14-12-21-50(48)52)75(111)96-65(42(3)4)76(112)95-61(67(80)103)40-114-41-63(100)88-56(32-44-27-28-45-18-9-10-19-46(45)31-44)74(110)97-66(43(5)7-2)77(113)94-60(39-98)68(104)86-38-62(99)87-53(26-17-30-83-78(81)82)69(105)93-59(35-64(101)102)73(109)92-57(72(108)90-54)33-47-36-84-51-23-13-11-20-49(47)51/h9-14,18-21,23-24,27-28,31,36-37,42-43,53-61,65-66,84-85,98H,6-8,15-17,22,25-26,29-30,32-35,38-41,79H2,1-5H3,(H2,80,103)(H,86,104)(H,87,99)(H,88,100)(H,89,106)(H,90,108)(H,91,107)(H,92,109)(H,93,105)(H,94,113)(H,95,112)(H,96,111)(H,97,110)(H,101,102)(H4,81,82,83)/t43-,53-,54+,55-,56-,57+,58-,59-,60-,61-,65-,66-/m0/s1. The third-order valence-corrected chi connectivity index (χ3v) is 20.6. The van der Waals surface area contributed by atoms with Gasteiger partial charge < -0.3 is 107 Å². The molecule has 35 nitrogen and oxygen atoms in total. The number of benzene rings is 4. The number of carbonyl (C=O) groups is 14. The number of aliphatic hydroxyl groups is 1. The minimum absolute atomic E-state index is 0.00315. The fraction of sp³-hybridized carbons (Fsp3) is 0.474. The number of amides is 13. The lowest BCUT2D eigenvalue weighted by molar-refractivity contribution is -0.141. The number of aliphatic hydroxyl groups excluding tert-OH is 1. The first kappa shape index (κ1) is 89.5. The number of carboxylic acids is 1. The Bertz CT molecular complexity index is 4400. The lowest BCUT2D eigenvalue weighted by atomic mass is 9.96. The Morgan fingerprint density at radius 1 is 0.526 bits per heavy atom. The molecule has 12 atom stereocenters. The Hall–Kier alpha value is -11.7. The number of fused-ring (bicyclic) bond motifs is 3. The van der Waals surface area contributed by atoms with Gasteiger partial charge in [0.15, 0.2) is 5.96 Å². The van der Waals surface area contributed by atoms with Gasteiger partial charge in [0, 0.05) is 65.8 Å². The van der Waals surface area contributed by atoms with Gasteiger partial charge in [-0.1, -0.05) is 133 Å². The van der Waals surface area contributed by atoms with Gasteiger partial charge >= 0.3 is 5.97 Å². The van der Waals surface area contributed by atoms with E-state index in [0.717, 1.165) is 22.5 Å². The van der Waals surface area contributed by atoms with E-state index in [0.29, 0.717) is 57.8 Å². The van der Waals surface area contributed by atoms with Gasteiger partial charge in [0.05, 0.1) is 25.3 Å². The summed E-state index contributed by atoms with van der Waals surface area (Å²) in [6.07, 6.45) is 2.91. The predicted molar refractivity (Wildman–Crippen MR) is 428 cm³/mol. The maximum atomic E-state index is 15.1. The van der Waals surface area contributed by atoms with Gasteiger partial charge in [-0.2, -0.15) is 0 Å². The first-order valence-corrected chi connectivity index (χ1v) is 39.3. The van der Waals surface area contributed by atoms with Crippen molar-refractivity contribution < 1.29 is 77.3 Å². The largest absolute Gasteiger partial charge is 0.481 e. The van der Waals surface area contributed by atoms with Crippen molar-refractivity contribution in [3.05, 3.63) is 120 Å². The fourth-order valence-electron chi connectivity index (χ4n) is 13.0. The Labute approximate surface area is 663 Å². The molecule has 36 heteroatoms. The summed E-state index contributed by atoms with van der Waals surface area (Å²) in [5, 5.41) is 65.3. The van der Waals surface area contributed by atoms with Crippen LogP contribution >= 0.6 is 11.8 Å². The molecule has 0 radical (unpaired) electrons. The Morgan fingerprint density at radius 2 is 1.01 bits per heavy atom. The van der Waals surface area contributed by atoms with Crippen LogP contribution in [0.2, 0.25) is 0 Å². The summed E-state index contributed by atoms with van der Waals surface area (Å²) in [4.78, 5) is 207. The highest BCUT2D eigenvalue weighted by Crippen LogP contribution is 2.24. The number of aromatic amines is 2. The van der Waals surface area contributed by atoms with Crippen LogP contribution in [0.4, 0.5) is 0 Å². The average molecular weight is 1600 g/mol. The van der Waals surface area contributed by atoms with Crippen LogP contribution in [-0.4, -0.2) is 213 Å². The topological polar surface area (TPSA) is 569 Å². The van der Waals surface area contributed by atoms with Gasteiger partial charge in [0.2, 0.25) is 76.8 Å². The van der Waals surface area contributed by atoms with Crippen LogP contribution in [-0.2, 0) is 86.4 Å². The molecule has 3 heterocycles. The molecule has 1 aliphatic heterocycles. The van der Waals surface area contributed by atoms with Crippen LogP contribution in [0.1, 0.15) is 116 Å². The summed E-state index contributed by atoms with van der Waals surface area (Å²) in [7, 11) is 0. The number of unbranched alkanes of at least 4 members (excludes halogenated alkanes) is 2. The quantitative estimate of drug-likeness (QED) is 0.0202. The highest BCUT2D eigenvalue weighted by atomic mass is 32.2. The summed E-state index contributed by atoms with van der Waals surface area (Å²) < 4.78 is 0. The molecule has 2 aromatic heterocycles. The first-order valence-electron chi connectivity index (χ1n) is 38.2. The molecule has 13 amide bonds. The number of para-hydroxylation sites is 2. The van der Waals surface area contributed by atoms with E-state index in [1.807, 2.05) is 43.3 Å². The van der Waals surface area contributed by atoms with E-state index in [2.05, 4.69) is 79.1 Å². The summed E-state index contributed by atoms with van der Waals surface area (Å²) in [6.45, 7) is 6.61. The third kappa shape index (κ3) is 27.0. The zero-order valence-electron chi connectivity index (χ0n) is 64.5. The predicted octanol–water partition coefficient (Wildman–Crippen LogP) is -0.737. The van der Waals surface area contributed by atoms with Crippen molar-refractivity contribution >= 4 is 133 Å². The van der Waals surface area contributed by atoms with E-state index < -0.39 is 192 Å². The number of primary amides is 1. The van der Waals surface area contributed by atoms with E-state index >= 15 is 14.4 Å². The van der Waals surface area contributed by atoms with Gasteiger partial charge in [-0.3, -0.25) is 72.5 Å². The number of carbonyl (C=O) groups excluding carboxylic acids is 13. The number of guanidine groups is 1. The highest BCUT2D eigenvalue weighted by molar-refractivity contribution is 8.00. The second-order valence-corrected chi connectivity index (χ2v) is 29.6. The molecule has 7 rings (SSSR count). The summed E-state index contributed by atoms with van der Waals surface area (Å²) in [6, 6.07) is 9.88. The third-order valence-electron chi connectivity index (χ3n) is 19.5. The molecule has 1 saturated heterocycles. The molecule has 114 heavy (non-hydrogen) atoms. The number of nitrogens with two attached hydrogens (primary N) is 3. The number of nitrogens with one attached hydrogen (secondary N) is 16. The molecule has 0 bridgehead atoms. The monoisotopic (exact) mass is 1600 g/mol. The van der Waals surface area contributed by atoms with Crippen LogP contribution in [0, 0.1) is 17.2 Å². The number of aliphatic carboxylic acids is 1. The second-order valence-electron chi connectivity index (χ2n) is 28.6. The summed E-state index contributed by atoms with van der Waals surface area (Å²) >= 11 is 0.864. The zero-order valence-corrected chi connectivity index (χ0v) is 65.3. The van der Waals surface area contributed by atoms with Gasteiger partial charge in [-0.15, -0.1) is 11.8 Å². The normalized spacial score (nSPS) is 22.9. The molecule has 0 spiro atoms. The van der Waals surface area contributed by atoms with E-state index in [4.69, 9.17) is 22.6 Å². The molecule has 0 aliphatic carbocycles. The maximum Gasteiger partial charge on any atom is 0.305 e. The maximum absolute atomic E-state index is 15.1. The SMILES string of the molecule is CCCC[C@H]1NC(=O)[C@@H](Cc2c[nH]c3ccccc23)NC(=O)[C@H](CC(=O)O)NC(=O)[C@H](CCCNC(=N)N)NC(=O)CNC(=O)[C@H](CO)NC(=O)[C@H]([C@@H](C)CC)NC(=O)[C@H](Cc2ccc3ccccc3c2)NC(=O)CSC[C@@H](C(N)=O)NC(=O)[C@H](C(C)C)NC(=O)[C@H](Cc2c[nH]c3ccccc23)NC(=O)[C@H](CCCCN)NC1=O. The van der Waals surface area contributed by atoms with E-state index in [1.54, 1.807) is 94.7 Å². The molecular formula is C78H107N19O16S. The number of hydrogen-bond acceptors (Lipinski definition) is 18. The molecule has 0 saturated carbocycles. The van der Waals surface area contributed by atoms with Crippen molar-refractivity contribution in [2.75, 3.05) is 37.7 Å². The van der Waals surface area contributed by atoms with Gasteiger partial charge in [0.1, 0.15) is 66.5 Å². The lowest BCUT2D eigenvalue weighted by Crippen LogP contribution is -2.61. The number of hydrogen-bond donors (Lipinski definition) is 21. The van der Waals surface area contributed by atoms with Crippen LogP contribution < -0.4 is 86.3 Å². The van der Waals surface area contributed by atoms with Crippen molar-refractivity contribution in [1.82, 2.24) is 79.1 Å². The number of aromatic nitrogens is 2. The van der Waals surface area contributed by atoms with Crippen molar-refractivity contribution in [2.24, 2.45) is 29.0 Å². The Morgan fingerprint density at radius 3 is 1.56 bits per heavy atom. The minimum Gasteiger partial charge on any atom is -0.481 e.